The lowest BCUT2D eigenvalue weighted by Crippen LogP contribution is -2.25. The van der Waals surface area contributed by atoms with Crippen LogP contribution in [0.5, 0.6) is 0 Å². The number of fused-ring (bicyclic) bond motifs is 10. The van der Waals surface area contributed by atoms with Crippen molar-refractivity contribution in [1.82, 2.24) is 15.0 Å². The highest BCUT2D eigenvalue weighted by atomic mass is 15.0. The molecule has 536 valence electrons. The van der Waals surface area contributed by atoms with Crippen LogP contribution in [0.25, 0.3) is 190 Å². The molecule has 0 N–H and O–H groups in total. The molecule has 21 rings (SSSR count). The molecule has 1 spiro atoms. The van der Waals surface area contributed by atoms with E-state index in [1.807, 2.05) is 0 Å². The van der Waals surface area contributed by atoms with Crippen molar-refractivity contribution in [1.29, 1.82) is 0 Å². The molecular formula is C112H73N3. The lowest BCUT2D eigenvalue weighted by molar-refractivity contribution is 0.794. The second kappa shape index (κ2) is 29.0. The van der Waals surface area contributed by atoms with Crippen LogP contribution in [-0.2, 0) is 5.41 Å². The van der Waals surface area contributed by atoms with Crippen molar-refractivity contribution in [3.63, 3.8) is 0 Å². The van der Waals surface area contributed by atoms with Crippen LogP contribution >= 0.6 is 0 Å². The third kappa shape index (κ3) is 12.7. The Balaban J connectivity index is 0.576. The minimum Gasteiger partial charge on any atom is -0.208 e. The third-order valence-electron chi connectivity index (χ3n) is 23.4. The number of nitrogens with zero attached hydrogens (tertiary/aromatic N) is 3. The highest BCUT2D eigenvalue weighted by Crippen LogP contribution is 2.63. The molecule has 0 bridgehead atoms. The van der Waals surface area contributed by atoms with E-state index in [9.17, 15) is 0 Å². The summed E-state index contributed by atoms with van der Waals surface area (Å²) in [6.45, 7) is 0. The van der Waals surface area contributed by atoms with E-state index < -0.39 is 5.41 Å². The zero-order chi connectivity index (χ0) is 76.2. The Morgan fingerprint density at radius 1 is 0.113 bits per heavy atom. The van der Waals surface area contributed by atoms with Gasteiger partial charge in [0.15, 0.2) is 17.5 Å². The average Bonchev–Trinajstić information content (AvgIpc) is 1.51. The quantitative estimate of drug-likeness (QED) is 0.103. The van der Waals surface area contributed by atoms with Gasteiger partial charge in [-0.25, -0.2) is 15.0 Å². The van der Waals surface area contributed by atoms with E-state index in [-0.39, 0.29) is 0 Å². The van der Waals surface area contributed by atoms with Crippen molar-refractivity contribution in [2.75, 3.05) is 0 Å². The number of aromatic nitrogens is 3. The number of hydrogen-bond donors (Lipinski definition) is 0. The maximum atomic E-state index is 5.30. The standard InChI is InChI=1S/C112H73N3/c1-3-22-74(23-4-1)82-26-13-31-87(64-82)92-36-18-38-94(69-92)89-33-15-28-84(66-89)76-50-56-79(57-51-76)109-113-110(80-58-52-77(53-59-80)85-29-16-34-90(67-85)95-39-19-37-93(70-95)88-32-14-27-83(65-88)75-24-5-2-6-25-75)115-111(114-109)81-60-54-78(55-61-81)86-30-17-35-91(68-86)96-40-20-41-97(71-96)98-42-21-43-99(72-98)100-62-63-104-103-46-9-12-49-107(103)112(108(104)73-100)105-47-10-7-44-101(105)102-45-8-11-48-106(102)112/h1-73H. The first kappa shape index (κ1) is 68.0. The summed E-state index contributed by atoms with van der Waals surface area (Å²) in [5.74, 6) is 1.78. The first-order valence-corrected chi connectivity index (χ1v) is 39.5. The summed E-state index contributed by atoms with van der Waals surface area (Å²) in [6, 6.07) is 161. The van der Waals surface area contributed by atoms with E-state index in [0.717, 1.165) is 89.0 Å². The molecule has 18 aromatic carbocycles. The van der Waals surface area contributed by atoms with Crippen molar-refractivity contribution in [3.8, 4) is 190 Å². The maximum absolute atomic E-state index is 5.30. The van der Waals surface area contributed by atoms with Gasteiger partial charge in [0.2, 0.25) is 0 Å². The summed E-state index contributed by atoms with van der Waals surface area (Å²) in [7, 11) is 0. The lowest BCUT2D eigenvalue weighted by atomic mass is 9.70. The summed E-state index contributed by atoms with van der Waals surface area (Å²) in [4.78, 5) is 15.9. The molecule has 2 aliphatic rings. The summed E-state index contributed by atoms with van der Waals surface area (Å²) in [6.07, 6.45) is 0. The van der Waals surface area contributed by atoms with Crippen LogP contribution in [0.3, 0.4) is 0 Å². The van der Waals surface area contributed by atoms with Crippen LogP contribution < -0.4 is 0 Å². The van der Waals surface area contributed by atoms with Crippen molar-refractivity contribution in [3.05, 3.63) is 465 Å². The van der Waals surface area contributed by atoms with Gasteiger partial charge in [0.05, 0.1) is 5.41 Å². The molecule has 0 radical (unpaired) electrons. The molecule has 3 heteroatoms. The molecule has 19 aromatic rings. The van der Waals surface area contributed by atoms with Gasteiger partial charge in [0, 0.05) is 16.7 Å². The molecule has 1 aromatic heterocycles. The molecule has 0 saturated heterocycles. The molecule has 0 saturated carbocycles. The van der Waals surface area contributed by atoms with Gasteiger partial charge in [-0.15, -0.1) is 0 Å². The van der Waals surface area contributed by atoms with Gasteiger partial charge in [-0.1, -0.05) is 382 Å². The molecule has 0 unspecified atom stereocenters. The van der Waals surface area contributed by atoms with Crippen LogP contribution in [0.4, 0.5) is 0 Å². The van der Waals surface area contributed by atoms with Crippen molar-refractivity contribution in [2.24, 2.45) is 0 Å². The fourth-order valence-electron chi connectivity index (χ4n) is 17.6. The molecular weight excluding hydrogens is 1390 g/mol. The molecule has 1 heterocycles. The van der Waals surface area contributed by atoms with E-state index in [1.165, 1.54) is 106 Å². The Kier molecular flexibility index (Phi) is 17.2. The first-order chi connectivity index (χ1) is 56.9. The molecule has 0 amide bonds. The predicted molar refractivity (Wildman–Crippen MR) is 478 cm³/mol. The monoisotopic (exact) mass is 1460 g/mol. The van der Waals surface area contributed by atoms with Crippen molar-refractivity contribution < 1.29 is 0 Å². The molecule has 2 aliphatic carbocycles. The van der Waals surface area contributed by atoms with E-state index in [0.29, 0.717) is 17.5 Å². The second-order valence-electron chi connectivity index (χ2n) is 30.1. The van der Waals surface area contributed by atoms with Crippen LogP contribution in [0.1, 0.15) is 22.3 Å². The molecule has 0 fully saturated rings. The number of rotatable bonds is 15. The van der Waals surface area contributed by atoms with E-state index in [1.54, 1.807) is 0 Å². The van der Waals surface area contributed by atoms with Crippen molar-refractivity contribution in [2.45, 2.75) is 5.41 Å². The maximum Gasteiger partial charge on any atom is 0.164 e. The SMILES string of the molecule is c1ccc(-c2cccc(-c3cccc(-c4cccc(-c5ccc(-c6nc(-c7ccc(-c8cccc(-c9cccc(-c%10cccc(-c%11ccccc%11)c%10)c9)c8)cc7)nc(-c7ccc(-c8cccc(-c9cccc(-c%10cccc(-c%11ccc%12c(c%11)C%11(c%13ccccc%13-c%13ccccc%13%11)c%11ccccc%11-%12)c%10)c9)c8)cc7)n6)cc5)c4)c3)c2)cc1. The van der Waals surface area contributed by atoms with Gasteiger partial charge in [-0.2, -0.15) is 0 Å². The number of benzene rings is 18. The Bertz CT molecular complexity index is 6640. The van der Waals surface area contributed by atoms with Crippen LogP contribution in [-0.4, -0.2) is 15.0 Å². The van der Waals surface area contributed by atoms with Crippen LogP contribution in [0.15, 0.2) is 443 Å². The van der Waals surface area contributed by atoms with Gasteiger partial charge >= 0.3 is 0 Å². The molecule has 115 heavy (non-hydrogen) atoms. The largest absolute Gasteiger partial charge is 0.208 e. The molecule has 3 nitrogen and oxygen atoms in total. The summed E-state index contributed by atoms with van der Waals surface area (Å²) in [5, 5.41) is 0. The third-order valence-corrected chi connectivity index (χ3v) is 23.4. The highest BCUT2D eigenvalue weighted by Gasteiger charge is 2.51. The molecule has 0 aliphatic heterocycles. The van der Waals surface area contributed by atoms with Crippen LogP contribution in [0, 0.1) is 0 Å². The number of hydrogen-bond acceptors (Lipinski definition) is 3. The van der Waals surface area contributed by atoms with E-state index in [4.69, 9.17) is 15.0 Å². The van der Waals surface area contributed by atoms with Gasteiger partial charge in [-0.05, 0) is 239 Å². The fourth-order valence-corrected chi connectivity index (χ4v) is 17.6. The van der Waals surface area contributed by atoms with Gasteiger partial charge in [0.1, 0.15) is 0 Å². The average molecular weight is 1460 g/mol. The Morgan fingerprint density at radius 3 is 0.522 bits per heavy atom. The zero-order valence-electron chi connectivity index (χ0n) is 63.0. The first-order valence-electron chi connectivity index (χ1n) is 39.5. The Labute approximate surface area is 670 Å². The van der Waals surface area contributed by atoms with Gasteiger partial charge in [0.25, 0.3) is 0 Å². The normalized spacial score (nSPS) is 12.1. The predicted octanol–water partition coefficient (Wildman–Crippen LogP) is 29.2. The summed E-state index contributed by atoms with van der Waals surface area (Å²) >= 11 is 0. The summed E-state index contributed by atoms with van der Waals surface area (Å²) < 4.78 is 0. The highest BCUT2D eigenvalue weighted by molar-refractivity contribution is 5.97. The van der Waals surface area contributed by atoms with Crippen molar-refractivity contribution >= 4 is 0 Å². The second-order valence-corrected chi connectivity index (χ2v) is 30.1. The fraction of sp³-hybridized carbons (Fsp3) is 0.00893. The van der Waals surface area contributed by atoms with Crippen LogP contribution in [0.2, 0.25) is 0 Å². The summed E-state index contributed by atoms with van der Waals surface area (Å²) in [5.41, 5.74) is 40.7. The minimum atomic E-state index is -0.403. The minimum absolute atomic E-state index is 0.403. The van der Waals surface area contributed by atoms with E-state index in [2.05, 4.69) is 443 Å². The topological polar surface area (TPSA) is 38.7 Å². The lowest BCUT2D eigenvalue weighted by Gasteiger charge is -2.30. The Hall–Kier alpha value is -15.0. The van der Waals surface area contributed by atoms with Gasteiger partial charge in [-0.3, -0.25) is 0 Å². The Morgan fingerprint density at radius 2 is 0.278 bits per heavy atom. The molecule has 0 atom stereocenters. The van der Waals surface area contributed by atoms with E-state index >= 15 is 0 Å². The zero-order valence-corrected chi connectivity index (χ0v) is 63.0. The smallest absolute Gasteiger partial charge is 0.164 e. The van der Waals surface area contributed by atoms with Gasteiger partial charge < -0.3 is 0 Å².